The first-order valence-corrected chi connectivity index (χ1v) is 9.37. The molecule has 0 saturated carbocycles. The Morgan fingerprint density at radius 3 is 2.59 bits per heavy atom. The molecule has 0 spiro atoms. The van der Waals surface area contributed by atoms with Crippen LogP contribution in [-0.2, 0) is 11.3 Å². The second-order valence-corrected chi connectivity index (χ2v) is 7.61. The summed E-state index contributed by atoms with van der Waals surface area (Å²) in [5.41, 5.74) is 4.45. The molecule has 0 fully saturated rings. The van der Waals surface area contributed by atoms with Crippen molar-refractivity contribution < 1.29 is 15.0 Å². The minimum Gasteiger partial charge on any atom is -0.493 e. The summed E-state index contributed by atoms with van der Waals surface area (Å²) in [7, 11) is 0. The van der Waals surface area contributed by atoms with E-state index >= 15 is 0 Å². The summed E-state index contributed by atoms with van der Waals surface area (Å²) < 4.78 is 1.53. The van der Waals surface area contributed by atoms with E-state index in [0.717, 1.165) is 28.1 Å². The number of hydrogen-bond acceptors (Lipinski definition) is 5. The Morgan fingerprint density at radius 2 is 1.85 bits per heavy atom. The highest BCUT2D eigenvalue weighted by atomic mass is 32.1. The van der Waals surface area contributed by atoms with Gasteiger partial charge in [0, 0.05) is 16.7 Å². The molecule has 5 nitrogen and oxygen atoms in total. The smallest absolute Gasteiger partial charge is 0.323 e. The fraction of sp³-hybridized carbons (Fsp3) is 0.0500. The molecule has 27 heavy (non-hydrogen) atoms. The minimum absolute atomic E-state index is 0.142. The predicted molar refractivity (Wildman–Crippen MR) is 109 cm³/mol. The van der Waals surface area contributed by atoms with Gasteiger partial charge in [-0.2, -0.15) is 0 Å². The summed E-state index contributed by atoms with van der Waals surface area (Å²) in [4.78, 5) is 16.3. The molecule has 3 aromatic rings. The van der Waals surface area contributed by atoms with Crippen molar-refractivity contribution in [1.82, 2.24) is 4.57 Å². The Bertz CT molecular complexity index is 1160. The number of nitrogens with zero attached hydrogens (tertiary/aromatic N) is 2. The molecule has 4 rings (SSSR count). The van der Waals surface area contributed by atoms with Crippen molar-refractivity contribution >= 4 is 52.6 Å². The lowest BCUT2D eigenvalue weighted by atomic mass is 9.97. The molecular weight excluding hydrogens is 380 g/mol. The lowest BCUT2D eigenvalue weighted by Gasteiger charge is -2.06. The van der Waals surface area contributed by atoms with Crippen molar-refractivity contribution in [3.8, 4) is 5.88 Å². The maximum atomic E-state index is 11.0. The van der Waals surface area contributed by atoms with Gasteiger partial charge in [0.25, 0.3) is 0 Å². The standard InChI is InChI=1S/C20H14N2O3S2/c23-17(24)11-22-19(25)16(27-20(22)26)10-14-13-8-4-5-9-15(13)21-18(14)12-6-2-1-3-7-12/h1-10,25H,11H2,(H,23,24)/b14-10+. The van der Waals surface area contributed by atoms with Crippen LogP contribution in [0.5, 0.6) is 5.88 Å². The third-order valence-electron chi connectivity index (χ3n) is 4.19. The number of aromatic nitrogens is 1. The topological polar surface area (TPSA) is 74.8 Å². The molecule has 0 atom stereocenters. The molecule has 0 radical (unpaired) electrons. The van der Waals surface area contributed by atoms with Crippen molar-refractivity contribution in [2.45, 2.75) is 6.54 Å². The molecule has 0 unspecified atom stereocenters. The summed E-state index contributed by atoms with van der Waals surface area (Å²) in [6.07, 6.45) is 1.83. The van der Waals surface area contributed by atoms with Crippen LogP contribution in [0, 0.1) is 3.95 Å². The van der Waals surface area contributed by atoms with E-state index in [1.165, 1.54) is 15.9 Å². The minimum atomic E-state index is -1.06. The molecule has 0 bridgehead atoms. The quantitative estimate of drug-likeness (QED) is 0.627. The number of aliphatic imine (C=N–C) groups is 1. The number of allylic oxidation sites excluding steroid dienone is 1. The number of carboxylic acids is 1. The highest BCUT2D eigenvalue weighted by Crippen LogP contribution is 2.40. The molecule has 0 aliphatic carbocycles. The number of fused-ring (bicyclic) bond motifs is 1. The molecule has 0 saturated heterocycles. The maximum Gasteiger partial charge on any atom is 0.323 e. The van der Waals surface area contributed by atoms with Crippen LogP contribution < -0.4 is 0 Å². The van der Waals surface area contributed by atoms with E-state index in [9.17, 15) is 9.90 Å². The summed E-state index contributed by atoms with van der Waals surface area (Å²) in [5, 5.41) is 19.5. The van der Waals surface area contributed by atoms with Gasteiger partial charge in [-0.3, -0.25) is 9.36 Å². The Labute approximate surface area is 164 Å². The van der Waals surface area contributed by atoms with Gasteiger partial charge in [0.2, 0.25) is 5.88 Å². The molecule has 2 heterocycles. The van der Waals surface area contributed by atoms with Gasteiger partial charge < -0.3 is 10.2 Å². The zero-order valence-electron chi connectivity index (χ0n) is 14.0. The fourth-order valence-corrected chi connectivity index (χ4v) is 4.23. The number of aromatic hydroxyl groups is 1. The van der Waals surface area contributed by atoms with E-state index in [1.807, 2.05) is 60.7 Å². The van der Waals surface area contributed by atoms with Crippen LogP contribution in [0.3, 0.4) is 0 Å². The number of carboxylic acid groups (broad SMARTS) is 1. The number of benzene rings is 2. The van der Waals surface area contributed by atoms with Crippen molar-refractivity contribution in [2.24, 2.45) is 4.99 Å². The average molecular weight is 394 g/mol. The van der Waals surface area contributed by atoms with Gasteiger partial charge in [-0.1, -0.05) is 48.5 Å². The normalized spacial score (nSPS) is 14.2. The van der Waals surface area contributed by atoms with E-state index in [1.54, 1.807) is 0 Å². The van der Waals surface area contributed by atoms with Crippen LogP contribution in [0.2, 0.25) is 0 Å². The number of hydrogen-bond donors (Lipinski definition) is 2. The predicted octanol–water partition coefficient (Wildman–Crippen LogP) is 4.74. The van der Waals surface area contributed by atoms with Crippen LogP contribution in [0.1, 0.15) is 16.0 Å². The Morgan fingerprint density at radius 1 is 1.15 bits per heavy atom. The Balaban J connectivity index is 1.87. The van der Waals surface area contributed by atoms with Gasteiger partial charge in [-0.05, 0) is 24.4 Å². The van der Waals surface area contributed by atoms with Crippen LogP contribution in [0.25, 0.3) is 11.6 Å². The summed E-state index contributed by atoms with van der Waals surface area (Å²) in [5.74, 6) is -1.20. The summed E-state index contributed by atoms with van der Waals surface area (Å²) in [6, 6.07) is 17.6. The van der Waals surface area contributed by atoms with Gasteiger partial charge in [0.15, 0.2) is 3.95 Å². The number of para-hydroxylation sites is 1. The number of rotatable bonds is 4. The molecule has 1 aliphatic heterocycles. The lowest BCUT2D eigenvalue weighted by Crippen LogP contribution is -2.07. The second-order valence-electron chi connectivity index (χ2n) is 5.94. The van der Waals surface area contributed by atoms with Crippen molar-refractivity contribution in [1.29, 1.82) is 0 Å². The molecule has 0 amide bonds. The molecule has 7 heteroatoms. The monoisotopic (exact) mass is 394 g/mol. The van der Waals surface area contributed by atoms with E-state index in [2.05, 4.69) is 0 Å². The average Bonchev–Trinajstić information content (AvgIpc) is 3.15. The van der Waals surface area contributed by atoms with Gasteiger partial charge in [-0.15, -0.1) is 11.3 Å². The highest BCUT2D eigenvalue weighted by Gasteiger charge is 2.23. The van der Waals surface area contributed by atoms with E-state index in [0.29, 0.717) is 8.83 Å². The lowest BCUT2D eigenvalue weighted by molar-refractivity contribution is -0.137. The third kappa shape index (κ3) is 3.22. The molecular formula is C20H14N2O3S2. The first-order chi connectivity index (χ1) is 13.0. The first-order valence-electron chi connectivity index (χ1n) is 8.14. The maximum absolute atomic E-state index is 11.0. The fourth-order valence-electron chi connectivity index (χ4n) is 2.98. The van der Waals surface area contributed by atoms with Crippen LogP contribution in [-0.4, -0.2) is 26.5 Å². The van der Waals surface area contributed by atoms with Crippen LogP contribution >= 0.6 is 23.6 Å². The van der Waals surface area contributed by atoms with Gasteiger partial charge in [0.1, 0.15) is 6.54 Å². The Kier molecular flexibility index (Phi) is 4.47. The van der Waals surface area contributed by atoms with Crippen molar-refractivity contribution in [3.63, 3.8) is 0 Å². The van der Waals surface area contributed by atoms with Crippen molar-refractivity contribution in [2.75, 3.05) is 0 Å². The molecule has 134 valence electrons. The molecule has 2 aromatic carbocycles. The molecule has 1 aromatic heterocycles. The SMILES string of the molecule is O=C(O)Cn1c(O)c(/C=C2/C(c3ccccc3)=Nc3ccccc32)sc1=S. The number of aliphatic carboxylic acids is 1. The van der Waals surface area contributed by atoms with Crippen LogP contribution in [0.15, 0.2) is 59.6 Å². The van der Waals surface area contributed by atoms with Crippen LogP contribution in [0.4, 0.5) is 5.69 Å². The van der Waals surface area contributed by atoms with Gasteiger partial charge >= 0.3 is 5.97 Å². The molecule has 2 N–H and O–H groups in total. The molecule has 1 aliphatic rings. The second kappa shape index (κ2) is 6.94. The third-order valence-corrected chi connectivity index (χ3v) is 5.58. The largest absolute Gasteiger partial charge is 0.493 e. The van der Waals surface area contributed by atoms with E-state index in [-0.39, 0.29) is 12.4 Å². The zero-order valence-corrected chi connectivity index (χ0v) is 15.6. The first kappa shape index (κ1) is 17.4. The zero-order chi connectivity index (χ0) is 19.0. The van der Waals surface area contributed by atoms with Crippen molar-refractivity contribution in [3.05, 3.63) is 74.6 Å². The van der Waals surface area contributed by atoms with E-state index < -0.39 is 5.97 Å². The van der Waals surface area contributed by atoms with Gasteiger partial charge in [-0.25, -0.2) is 4.99 Å². The number of carbonyl (C=O) groups is 1. The Hall–Kier alpha value is -3.03. The summed E-state index contributed by atoms with van der Waals surface area (Å²) in [6.45, 7) is -0.374. The highest BCUT2D eigenvalue weighted by molar-refractivity contribution is 7.73. The van der Waals surface area contributed by atoms with E-state index in [4.69, 9.17) is 22.3 Å². The number of thiazole rings is 1. The van der Waals surface area contributed by atoms with Gasteiger partial charge in [0.05, 0.1) is 16.3 Å². The summed E-state index contributed by atoms with van der Waals surface area (Å²) >= 11 is 6.39.